The summed E-state index contributed by atoms with van der Waals surface area (Å²) in [6, 6.07) is 4.48. The molecule has 0 spiro atoms. The van der Waals surface area contributed by atoms with Gasteiger partial charge in [0.15, 0.2) is 5.65 Å². The smallest absolute Gasteiger partial charge is 0.414 e. The van der Waals surface area contributed by atoms with E-state index < -0.39 is 23.9 Å². The molecule has 2 aliphatic heterocycles. The van der Waals surface area contributed by atoms with Crippen LogP contribution in [0.15, 0.2) is 43.0 Å². The highest BCUT2D eigenvalue weighted by atomic mass is 19.1. The van der Waals surface area contributed by atoms with E-state index in [-0.39, 0.29) is 43.7 Å². The molecule has 4 N–H and O–H groups in total. The van der Waals surface area contributed by atoms with E-state index in [0.717, 1.165) is 0 Å². The van der Waals surface area contributed by atoms with Crippen molar-refractivity contribution < 1.29 is 28.3 Å². The molecule has 2 aliphatic rings. The first-order valence-electron chi connectivity index (χ1n) is 12.7. The number of fused-ring (bicyclic) bond motifs is 1. The van der Waals surface area contributed by atoms with E-state index in [1.165, 1.54) is 17.2 Å². The molecule has 4 heterocycles. The average Bonchev–Trinajstić information content (AvgIpc) is 3.58. The fourth-order valence-corrected chi connectivity index (χ4v) is 4.57. The van der Waals surface area contributed by atoms with Gasteiger partial charge in [-0.3, -0.25) is 24.3 Å². The summed E-state index contributed by atoms with van der Waals surface area (Å²) in [4.78, 5) is 61.6. The number of amides is 4. The molecule has 0 bridgehead atoms. The number of aromatic nitrogens is 3. The Morgan fingerprint density at radius 1 is 1.15 bits per heavy atom. The maximum absolute atomic E-state index is 15.1. The quantitative estimate of drug-likeness (QED) is 0.328. The third-order valence-electron chi connectivity index (χ3n) is 6.70. The third-order valence-corrected chi connectivity index (χ3v) is 6.70. The van der Waals surface area contributed by atoms with E-state index in [0.29, 0.717) is 43.2 Å². The zero-order valence-electron chi connectivity index (χ0n) is 21.5. The van der Waals surface area contributed by atoms with Crippen LogP contribution in [0.25, 0.3) is 5.65 Å². The van der Waals surface area contributed by atoms with E-state index in [1.54, 1.807) is 40.0 Å². The van der Waals surface area contributed by atoms with Gasteiger partial charge in [0, 0.05) is 44.8 Å². The summed E-state index contributed by atoms with van der Waals surface area (Å²) < 4.78 is 22.0. The maximum atomic E-state index is 15.1. The molecule has 0 aliphatic carbocycles. The number of imidazole rings is 1. The highest BCUT2D eigenvalue weighted by Gasteiger charge is 2.33. The van der Waals surface area contributed by atoms with Gasteiger partial charge in [0.1, 0.15) is 17.6 Å². The van der Waals surface area contributed by atoms with Crippen molar-refractivity contribution in [2.24, 2.45) is 5.73 Å². The fourth-order valence-electron chi connectivity index (χ4n) is 4.57. The van der Waals surface area contributed by atoms with E-state index >= 15 is 4.39 Å². The molecule has 2 fully saturated rings. The van der Waals surface area contributed by atoms with Gasteiger partial charge in [-0.05, 0) is 18.2 Å². The lowest BCUT2D eigenvalue weighted by Gasteiger charge is -2.36. The van der Waals surface area contributed by atoms with E-state index in [9.17, 15) is 19.2 Å². The number of hydrogen-bond acceptors (Lipinski definition) is 9. The topological polar surface area (TPSA) is 167 Å². The molecule has 0 unspecified atom stereocenters. The lowest BCUT2D eigenvalue weighted by atomic mass is 10.2. The number of halogens is 1. The van der Waals surface area contributed by atoms with Gasteiger partial charge >= 0.3 is 6.09 Å². The number of nitrogens with two attached hydrogens (primary N) is 1. The number of anilines is 2. The van der Waals surface area contributed by atoms with Gasteiger partial charge in [0.05, 0.1) is 43.8 Å². The Kier molecular flexibility index (Phi) is 7.72. The molecule has 14 nitrogen and oxygen atoms in total. The monoisotopic (exact) mass is 553 g/mol. The van der Waals surface area contributed by atoms with Crippen LogP contribution in [0.1, 0.15) is 10.5 Å². The van der Waals surface area contributed by atoms with Crippen molar-refractivity contribution in [3.05, 3.63) is 54.5 Å². The van der Waals surface area contributed by atoms with Gasteiger partial charge in [-0.2, -0.15) is 0 Å². The molecule has 40 heavy (non-hydrogen) atoms. The Morgan fingerprint density at radius 2 is 1.95 bits per heavy atom. The van der Waals surface area contributed by atoms with Gasteiger partial charge in [-0.25, -0.2) is 14.2 Å². The van der Waals surface area contributed by atoms with Crippen LogP contribution in [0.2, 0.25) is 0 Å². The van der Waals surface area contributed by atoms with Crippen LogP contribution >= 0.6 is 0 Å². The van der Waals surface area contributed by atoms with Crippen molar-refractivity contribution in [2.45, 2.75) is 6.10 Å². The summed E-state index contributed by atoms with van der Waals surface area (Å²) in [6.45, 7) is 1.41. The van der Waals surface area contributed by atoms with E-state index in [2.05, 4.69) is 20.6 Å². The number of nitrogens with one attached hydrogen (secondary N) is 2. The zero-order valence-corrected chi connectivity index (χ0v) is 21.5. The molecule has 210 valence electrons. The van der Waals surface area contributed by atoms with Crippen LogP contribution in [0.4, 0.5) is 20.6 Å². The summed E-state index contributed by atoms with van der Waals surface area (Å²) in [6.07, 6.45) is 5.14. The number of ether oxygens (including phenoxy) is 1. The van der Waals surface area contributed by atoms with Crippen molar-refractivity contribution in [1.82, 2.24) is 29.9 Å². The number of rotatable bonds is 8. The number of carbonyl (C=O) groups is 4. The third kappa shape index (κ3) is 5.78. The van der Waals surface area contributed by atoms with Crippen LogP contribution < -0.4 is 26.2 Å². The summed E-state index contributed by atoms with van der Waals surface area (Å²) in [7, 11) is 0. The van der Waals surface area contributed by atoms with Crippen molar-refractivity contribution in [3.63, 3.8) is 0 Å². The van der Waals surface area contributed by atoms with Crippen LogP contribution in [0, 0.1) is 5.82 Å². The second-order valence-corrected chi connectivity index (χ2v) is 9.28. The minimum Gasteiger partial charge on any atom is -0.442 e. The molecule has 0 saturated carbocycles. The summed E-state index contributed by atoms with van der Waals surface area (Å²) in [5, 5.41) is 5.16. The molecule has 2 saturated heterocycles. The number of benzene rings is 1. The normalized spacial score (nSPS) is 17.2. The highest BCUT2D eigenvalue weighted by molar-refractivity contribution is 5.95. The predicted octanol–water partition coefficient (Wildman–Crippen LogP) is -0.653. The van der Waals surface area contributed by atoms with Gasteiger partial charge in [-0.15, -0.1) is 0 Å². The van der Waals surface area contributed by atoms with Crippen LogP contribution in [-0.4, -0.2) is 102 Å². The number of carbonyl (C=O) groups excluding carboxylic acids is 4. The molecule has 0 radical (unpaired) electrons. The first-order chi connectivity index (χ1) is 19.3. The molecule has 2 aromatic heterocycles. The Bertz CT molecular complexity index is 1410. The van der Waals surface area contributed by atoms with Crippen molar-refractivity contribution in [2.75, 3.05) is 62.2 Å². The first-order valence-corrected chi connectivity index (χ1v) is 12.7. The Labute approximate surface area is 227 Å². The molecule has 3 aromatic rings. The van der Waals surface area contributed by atoms with E-state index in [1.807, 2.05) is 4.90 Å². The lowest BCUT2D eigenvalue weighted by molar-refractivity contribution is -0.130. The average molecular weight is 554 g/mol. The molecule has 15 heteroatoms. The van der Waals surface area contributed by atoms with Crippen LogP contribution in [0.3, 0.4) is 0 Å². The molecular formula is C25H28FN9O5. The Hall–Kier alpha value is -4.79. The molecule has 1 aromatic carbocycles. The Morgan fingerprint density at radius 3 is 2.67 bits per heavy atom. The second-order valence-electron chi connectivity index (χ2n) is 9.28. The summed E-state index contributed by atoms with van der Waals surface area (Å²) in [5.41, 5.74) is 6.65. The number of cyclic esters (lactones) is 1. The van der Waals surface area contributed by atoms with E-state index in [4.69, 9.17) is 10.5 Å². The molecule has 5 rings (SSSR count). The minimum atomic E-state index is -0.628. The predicted molar refractivity (Wildman–Crippen MR) is 140 cm³/mol. The maximum Gasteiger partial charge on any atom is 0.414 e. The summed E-state index contributed by atoms with van der Waals surface area (Å²) in [5.74, 6) is -1.59. The number of piperazine rings is 1. The number of hydrogen-bond donors (Lipinski definition) is 3. The molecular weight excluding hydrogens is 525 g/mol. The summed E-state index contributed by atoms with van der Waals surface area (Å²) >= 11 is 0. The standard InChI is InChI=1S/C25H28FN9O5/c26-18-9-16(35-14-17(40-25(35)39)11-29-22(36)10-27)1-2-20(18)32-5-7-33(8-6-32)23(37)13-30-24(38)19-15-34-4-3-28-12-21(34)31-19/h1-4,9,12,15,17H,5-8,10-11,13-14,27H2,(H,29,36)(H,30,38)/t17-/m0/s1. The fraction of sp³-hybridized carbons (Fsp3) is 0.360. The van der Waals surface area contributed by atoms with Crippen LogP contribution in [-0.2, 0) is 14.3 Å². The van der Waals surface area contributed by atoms with Crippen molar-refractivity contribution >= 4 is 40.8 Å². The highest BCUT2D eigenvalue weighted by Crippen LogP contribution is 2.28. The lowest BCUT2D eigenvalue weighted by Crippen LogP contribution is -2.51. The second kappa shape index (κ2) is 11.5. The first kappa shape index (κ1) is 26.8. The SMILES string of the molecule is NCC(=O)NC[C@H]1CN(c2ccc(N3CCN(C(=O)CNC(=O)c4cn5ccncc5n4)CC3)c(F)c2)C(=O)O1. The number of nitrogens with zero attached hydrogens (tertiary/aromatic N) is 6. The Balaban J connectivity index is 1.11. The molecule has 1 atom stereocenters. The van der Waals surface area contributed by atoms with Crippen molar-refractivity contribution in [1.29, 1.82) is 0 Å². The van der Waals surface area contributed by atoms with Gasteiger partial charge < -0.3 is 35.3 Å². The largest absolute Gasteiger partial charge is 0.442 e. The van der Waals surface area contributed by atoms with Crippen LogP contribution in [0.5, 0.6) is 0 Å². The van der Waals surface area contributed by atoms with Crippen molar-refractivity contribution in [3.8, 4) is 0 Å². The van der Waals surface area contributed by atoms with Gasteiger partial charge in [0.2, 0.25) is 11.8 Å². The minimum absolute atomic E-state index is 0.115. The van der Waals surface area contributed by atoms with Gasteiger partial charge in [-0.1, -0.05) is 0 Å². The molecule has 4 amide bonds. The zero-order chi connectivity index (χ0) is 28.2. The van der Waals surface area contributed by atoms with Gasteiger partial charge in [0.25, 0.3) is 5.91 Å².